The van der Waals surface area contributed by atoms with Crippen LogP contribution in [0.2, 0.25) is 0 Å². The highest BCUT2D eigenvalue weighted by Crippen LogP contribution is 2.16. The molecule has 122 valence electrons. The molecular weight excluding hydrogens is 302 g/mol. The third-order valence-corrected chi connectivity index (χ3v) is 3.11. The number of nitrogens with one attached hydrogen (secondary N) is 2. The van der Waals surface area contributed by atoms with E-state index in [2.05, 4.69) is 10.6 Å². The van der Waals surface area contributed by atoms with E-state index in [1.54, 1.807) is 12.3 Å². The number of ether oxygens (including phenoxy) is 1. The van der Waals surface area contributed by atoms with Crippen molar-refractivity contribution >= 4 is 11.7 Å². The van der Waals surface area contributed by atoms with Crippen LogP contribution >= 0.6 is 0 Å². The highest BCUT2D eigenvalue weighted by Gasteiger charge is 2.05. The molecule has 0 fully saturated rings. The van der Waals surface area contributed by atoms with E-state index in [4.69, 9.17) is 9.15 Å². The van der Waals surface area contributed by atoms with Crippen LogP contribution in [0.3, 0.4) is 0 Å². The monoisotopic (exact) mass is 319 g/mol. The van der Waals surface area contributed by atoms with E-state index in [1.165, 1.54) is 24.3 Å². The Morgan fingerprint density at radius 2 is 2.00 bits per heavy atom. The van der Waals surface area contributed by atoms with Crippen LogP contribution < -0.4 is 15.4 Å². The maximum absolute atomic E-state index is 11.6. The number of carbonyl (C=O) groups excluding carboxylic acids is 1. The topological polar surface area (TPSA) is 107 Å². The Hall–Kier alpha value is -3.03. The highest BCUT2D eigenvalue weighted by atomic mass is 16.6. The van der Waals surface area contributed by atoms with Gasteiger partial charge in [0.05, 0.1) is 17.7 Å². The van der Waals surface area contributed by atoms with Crippen LogP contribution in [0.1, 0.15) is 11.3 Å². The molecule has 0 unspecified atom stereocenters. The van der Waals surface area contributed by atoms with Gasteiger partial charge in [0.15, 0.2) is 0 Å². The van der Waals surface area contributed by atoms with Crippen molar-refractivity contribution in [3.63, 3.8) is 0 Å². The number of hydrogen-bond donors (Lipinski definition) is 2. The van der Waals surface area contributed by atoms with Crippen molar-refractivity contribution in [1.29, 1.82) is 0 Å². The normalized spacial score (nSPS) is 10.1. The van der Waals surface area contributed by atoms with Crippen LogP contribution in [0.25, 0.3) is 0 Å². The Labute approximate surface area is 132 Å². The first-order valence-electron chi connectivity index (χ1n) is 6.98. The molecule has 1 heterocycles. The molecule has 0 atom stereocenters. The van der Waals surface area contributed by atoms with Gasteiger partial charge in [0.1, 0.15) is 18.1 Å². The number of nitrogens with zero attached hydrogens (tertiary/aromatic N) is 1. The predicted octanol–water partition coefficient (Wildman–Crippen LogP) is 2.37. The van der Waals surface area contributed by atoms with Gasteiger partial charge in [-0.3, -0.25) is 10.1 Å². The zero-order valence-corrected chi connectivity index (χ0v) is 12.6. The lowest BCUT2D eigenvalue weighted by Crippen LogP contribution is -2.37. The van der Waals surface area contributed by atoms with Crippen LogP contribution in [0, 0.1) is 17.0 Å². The SMILES string of the molecule is Cc1occc1CNC(=O)NCCOc1ccc([N+](=O)[O-])cc1. The van der Waals surface area contributed by atoms with E-state index in [0.29, 0.717) is 18.8 Å². The van der Waals surface area contributed by atoms with Crippen molar-refractivity contribution in [1.82, 2.24) is 10.6 Å². The van der Waals surface area contributed by atoms with Crippen LogP contribution in [0.5, 0.6) is 5.75 Å². The maximum Gasteiger partial charge on any atom is 0.315 e. The molecule has 0 aliphatic heterocycles. The Balaban J connectivity index is 1.64. The first-order chi connectivity index (χ1) is 11.1. The minimum atomic E-state index is -0.475. The van der Waals surface area contributed by atoms with Gasteiger partial charge in [0, 0.05) is 24.2 Å². The van der Waals surface area contributed by atoms with Crippen molar-refractivity contribution in [2.75, 3.05) is 13.2 Å². The van der Waals surface area contributed by atoms with E-state index in [0.717, 1.165) is 11.3 Å². The lowest BCUT2D eigenvalue weighted by Gasteiger charge is -2.08. The first-order valence-corrected chi connectivity index (χ1v) is 6.98. The molecule has 1 aromatic carbocycles. The maximum atomic E-state index is 11.6. The molecule has 0 saturated heterocycles. The van der Waals surface area contributed by atoms with Crippen LogP contribution in [-0.2, 0) is 6.54 Å². The van der Waals surface area contributed by atoms with Crippen molar-refractivity contribution in [3.8, 4) is 5.75 Å². The number of amides is 2. The van der Waals surface area contributed by atoms with Crippen molar-refractivity contribution in [2.24, 2.45) is 0 Å². The summed E-state index contributed by atoms with van der Waals surface area (Å²) in [5.74, 6) is 1.28. The van der Waals surface area contributed by atoms with Crippen LogP contribution in [0.15, 0.2) is 41.0 Å². The Bertz CT molecular complexity index is 666. The summed E-state index contributed by atoms with van der Waals surface area (Å²) in [6.07, 6.45) is 1.57. The Kier molecular flexibility index (Phi) is 5.56. The van der Waals surface area contributed by atoms with Gasteiger partial charge in [0.25, 0.3) is 5.69 Å². The second kappa shape index (κ2) is 7.83. The third-order valence-electron chi connectivity index (χ3n) is 3.11. The number of nitro groups is 1. The second-order valence-corrected chi connectivity index (χ2v) is 4.71. The molecule has 2 N–H and O–H groups in total. The van der Waals surface area contributed by atoms with Gasteiger partial charge >= 0.3 is 6.03 Å². The number of nitro benzene ring substituents is 1. The number of benzene rings is 1. The number of non-ortho nitro benzene ring substituents is 1. The number of aryl methyl sites for hydroxylation is 1. The number of furan rings is 1. The third kappa shape index (κ3) is 5.03. The predicted molar refractivity (Wildman–Crippen MR) is 82.3 cm³/mol. The summed E-state index contributed by atoms with van der Waals surface area (Å²) in [5.41, 5.74) is 0.923. The Morgan fingerprint density at radius 1 is 1.26 bits per heavy atom. The molecule has 1 aromatic heterocycles. The molecule has 0 radical (unpaired) electrons. The number of carbonyl (C=O) groups is 1. The van der Waals surface area contributed by atoms with Crippen LogP contribution in [0.4, 0.5) is 10.5 Å². The molecule has 0 aliphatic carbocycles. The van der Waals surface area contributed by atoms with Gasteiger partial charge in [-0.15, -0.1) is 0 Å². The summed E-state index contributed by atoms with van der Waals surface area (Å²) >= 11 is 0. The zero-order valence-electron chi connectivity index (χ0n) is 12.6. The molecule has 8 nitrogen and oxygen atoms in total. The fraction of sp³-hybridized carbons (Fsp3) is 0.267. The lowest BCUT2D eigenvalue weighted by molar-refractivity contribution is -0.384. The summed E-state index contributed by atoms with van der Waals surface area (Å²) in [7, 11) is 0. The number of rotatable bonds is 7. The van der Waals surface area contributed by atoms with Crippen molar-refractivity contribution in [2.45, 2.75) is 13.5 Å². The largest absolute Gasteiger partial charge is 0.492 e. The summed E-state index contributed by atoms with van der Waals surface area (Å²) in [6.45, 7) is 2.79. The summed E-state index contributed by atoms with van der Waals surface area (Å²) in [4.78, 5) is 21.6. The fourth-order valence-corrected chi connectivity index (χ4v) is 1.83. The summed E-state index contributed by atoms with van der Waals surface area (Å²) in [5, 5.41) is 15.9. The quantitative estimate of drug-likeness (QED) is 0.463. The molecule has 0 aliphatic rings. The molecular formula is C15H17N3O5. The van der Waals surface area contributed by atoms with Crippen molar-refractivity contribution < 1.29 is 18.9 Å². The molecule has 0 spiro atoms. The number of urea groups is 1. The zero-order chi connectivity index (χ0) is 16.7. The van der Waals surface area contributed by atoms with Gasteiger partial charge in [-0.25, -0.2) is 4.79 Å². The van der Waals surface area contributed by atoms with Crippen molar-refractivity contribution in [3.05, 3.63) is 58.0 Å². The Morgan fingerprint density at radius 3 is 2.61 bits per heavy atom. The van der Waals surface area contributed by atoms with E-state index >= 15 is 0 Å². The van der Waals surface area contributed by atoms with Crippen LogP contribution in [-0.4, -0.2) is 24.1 Å². The molecule has 0 saturated carbocycles. The molecule has 0 bridgehead atoms. The fourth-order valence-electron chi connectivity index (χ4n) is 1.83. The minimum Gasteiger partial charge on any atom is -0.492 e. The molecule has 2 rings (SSSR count). The molecule has 2 amide bonds. The molecule has 2 aromatic rings. The average molecular weight is 319 g/mol. The van der Waals surface area contributed by atoms with E-state index in [-0.39, 0.29) is 18.3 Å². The summed E-state index contributed by atoms with van der Waals surface area (Å²) in [6, 6.07) is 7.25. The second-order valence-electron chi connectivity index (χ2n) is 4.71. The van der Waals surface area contributed by atoms with Gasteiger partial charge in [-0.2, -0.15) is 0 Å². The van der Waals surface area contributed by atoms with E-state index < -0.39 is 4.92 Å². The average Bonchev–Trinajstić information content (AvgIpc) is 2.95. The van der Waals surface area contributed by atoms with E-state index in [1.807, 2.05) is 6.92 Å². The van der Waals surface area contributed by atoms with Gasteiger partial charge in [0.2, 0.25) is 0 Å². The smallest absolute Gasteiger partial charge is 0.315 e. The standard InChI is InChI=1S/C15H17N3O5/c1-11-12(6-8-22-11)10-17-15(19)16-7-9-23-14-4-2-13(3-5-14)18(20)21/h2-6,8H,7,9-10H2,1H3,(H2,16,17,19). The highest BCUT2D eigenvalue weighted by molar-refractivity contribution is 5.73. The minimum absolute atomic E-state index is 0.00407. The first kappa shape index (κ1) is 16.3. The number of hydrogen-bond acceptors (Lipinski definition) is 5. The molecule has 8 heteroatoms. The van der Waals surface area contributed by atoms with E-state index in [9.17, 15) is 14.9 Å². The van der Waals surface area contributed by atoms with Gasteiger partial charge < -0.3 is 19.8 Å². The molecule has 23 heavy (non-hydrogen) atoms. The lowest BCUT2D eigenvalue weighted by atomic mass is 10.2. The van der Waals surface area contributed by atoms with Gasteiger partial charge in [-0.05, 0) is 25.1 Å². The van der Waals surface area contributed by atoms with Gasteiger partial charge in [-0.1, -0.05) is 0 Å². The summed E-state index contributed by atoms with van der Waals surface area (Å²) < 4.78 is 10.5.